The van der Waals surface area contributed by atoms with Crippen molar-refractivity contribution in [1.29, 1.82) is 5.26 Å². The minimum absolute atomic E-state index is 0.0445. The number of carbonyl (C=O) groups is 1. The Balaban J connectivity index is 2.11. The summed E-state index contributed by atoms with van der Waals surface area (Å²) in [5.41, 5.74) is 2.99. The molecule has 7 nitrogen and oxygen atoms in total. The van der Waals surface area contributed by atoms with E-state index >= 15 is 0 Å². The van der Waals surface area contributed by atoms with Crippen molar-refractivity contribution in [3.8, 4) is 6.07 Å². The van der Waals surface area contributed by atoms with E-state index in [2.05, 4.69) is 10.4 Å². The van der Waals surface area contributed by atoms with Crippen LogP contribution in [-0.4, -0.2) is 39.9 Å². The third-order valence-electron chi connectivity index (χ3n) is 3.43. The molecule has 0 saturated heterocycles. The average Bonchev–Trinajstić information content (AvgIpc) is 2.75. The monoisotopic (exact) mass is 291 g/mol. The van der Waals surface area contributed by atoms with Gasteiger partial charge in [-0.2, -0.15) is 10.4 Å². The highest BCUT2D eigenvalue weighted by Crippen LogP contribution is 2.22. The maximum absolute atomic E-state index is 12.1. The van der Waals surface area contributed by atoms with Crippen LogP contribution in [0.2, 0.25) is 0 Å². The molecule has 1 aromatic heterocycles. The summed E-state index contributed by atoms with van der Waals surface area (Å²) in [5.74, 6) is 0. The molecule has 2 rings (SSSR count). The number of fused-ring (bicyclic) bond motifs is 1. The number of aromatic nitrogens is 2. The molecule has 0 spiro atoms. The lowest BCUT2D eigenvalue weighted by molar-refractivity contribution is 0.147. The van der Waals surface area contributed by atoms with Crippen LogP contribution >= 0.6 is 0 Å². The minimum Gasteiger partial charge on any atom is -0.360 e. The van der Waals surface area contributed by atoms with Gasteiger partial charge in [0.1, 0.15) is 6.61 Å². The van der Waals surface area contributed by atoms with Crippen LogP contribution in [0.25, 0.3) is 0 Å². The number of nitrogens with zero attached hydrogens (tertiary/aromatic N) is 4. The normalized spacial score (nSPS) is 14.0. The van der Waals surface area contributed by atoms with Crippen molar-refractivity contribution in [3.63, 3.8) is 0 Å². The summed E-state index contributed by atoms with van der Waals surface area (Å²) in [4.78, 5) is 13.9. The zero-order valence-corrected chi connectivity index (χ0v) is 12.7. The quantitative estimate of drug-likeness (QED) is 0.837. The van der Waals surface area contributed by atoms with Crippen LogP contribution in [0, 0.1) is 11.3 Å². The van der Waals surface area contributed by atoms with Gasteiger partial charge in [0, 0.05) is 37.3 Å². The third-order valence-corrected chi connectivity index (χ3v) is 3.43. The Labute approximate surface area is 124 Å². The number of hydrogen-bond acceptors (Lipinski definition) is 4. The SMILES string of the molecule is CC(C)NC(=O)N1CCc2c(c(COCC#N)nn2C)C1. The molecule has 21 heavy (non-hydrogen) atoms. The van der Waals surface area contributed by atoms with Crippen LogP contribution in [0.3, 0.4) is 0 Å². The molecule has 0 atom stereocenters. The summed E-state index contributed by atoms with van der Waals surface area (Å²) in [6.45, 7) is 5.45. The smallest absolute Gasteiger partial charge is 0.317 e. The predicted molar refractivity (Wildman–Crippen MR) is 76.3 cm³/mol. The molecule has 0 radical (unpaired) electrons. The fourth-order valence-corrected chi connectivity index (χ4v) is 2.49. The summed E-state index contributed by atoms with van der Waals surface area (Å²) in [6.07, 6.45) is 0.780. The van der Waals surface area contributed by atoms with Crippen molar-refractivity contribution in [2.75, 3.05) is 13.2 Å². The van der Waals surface area contributed by atoms with Crippen LogP contribution in [0.1, 0.15) is 30.8 Å². The van der Waals surface area contributed by atoms with E-state index in [1.165, 1.54) is 0 Å². The summed E-state index contributed by atoms with van der Waals surface area (Å²) >= 11 is 0. The molecule has 0 fully saturated rings. The second-order valence-corrected chi connectivity index (χ2v) is 5.42. The van der Waals surface area contributed by atoms with E-state index in [0.29, 0.717) is 19.7 Å². The number of nitriles is 1. The Morgan fingerprint density at radius 2 is 2.33 bits per heavy atom. The molecule has 0 unspecified atom stereocenters. The molecule has 2 heterocycles. The van der Waals surface area contributed by atoms with Crippen molar-refractivity contribution in [3.05, 3.63) is 17.0 Å². The average molecular weight is 291 g/mol. The zero-order chi connectivity index (χ0) is 15.4. The summed E-state index contributed by atoms with van der Waals surface area (Å²) in [6, 6.07) is 2.01. The Kier molecular flexibility index (Phi) is 4.81. The van der Waals surface area contributed by atoms with E-state index in [1.54, 1.807) is 4.90 Å². The largest absolute Gasteiger partial charge is 0.360 e. The fraction of sp³-hybridized carbons (Fsp3) is 0.643. The molecule has 0 saturated carbocycles. The number of hydrogen-bond donors (Lipinski definition) is 1. The summed E-state index contributed by atoms with van der Waals surface area (Å²) in [7, 11) is 1.90. The van der Waals surface area contributed by atoms with Crippen LogP contribution < -0.4 is 5.32 Å². The van der Waals surface area contributed by atoms with Gasteiger partial charge in [0.2, 0.25) is 0 Å². The first-order chi connectivity index (χ1) is 10.0. The maximum Gasteiger partial charge on any atom is 0.317 e. The molecule has 0 aliphatic carbocycles. The molecule has 1 aliphatic heterocycles. The van der Waals surface area contributed by atoms with Crippen molar-refractivity contribution in [2.45, 2.75) is 39.5 Å². The third kappa shape index (κ3) is 3.52. The Hall–Kier alpha value is -2.07. The van der Waals surface area contributed by atoms with Gasteiger partial charge in [0.05, 0.1) is 24.9 Å². The second kappa shape index (κ2) is 6.59. The van der Waals surface area contributed by atoms with Gasteiger partial charge < -0.3 is 15.0 Å². The lowest BCUT2D eigenvalue weighted by Gasteiger charge is -2.28. The molecule has 1 N–H and O–H groups in total. The lowest BCUT2D eigenvalue weighted by atomic mass is 10.1. The van der Waals surface area contributed by atoms with E-state index in [1.807, 2.05) is 31.6 Å². The standard InChI is InChI=1S/C14H21N5O2/c1-10(2)16-14(20)19-6-4-13-11(8-19)12(17-18(13)3)9-21-7-5-15/h10H,4,6-9H2,1-3H3,(H,16,20). The number of urea groups is 1. The van der Waals surface area contributed by atoms with E-state index in [-0.39, 0.29) is 18.7 Å². The van der Waals surface area contributed by atoms with Gasteiger partial charge in [-0.1, -0.05) is 0 Å². The molecule has 2 amide bonds. The molecule has 0 aromatic carbocycles. The van der Waals surface area contributed by atoms with Crippen molar-refractivity contribution in [1.82, 2.24) is 20.0 Å². The van der Waals surface area contributed by atoms with Crippen LogP contribution in [0.5, 0.6) is 0 Å². The highest BCUT2D eigenvalue weighted by atomic mass is 16.5. The van der Waals surface area contributed by atoms with Crippen LogP contribution in [-0.2, 0) is 31.4 Å². The Morgan fingerprint density at radius 1 is 1.57 bits per heavy atom. The van der Waals surface area contributed by atoms with Gasteiger partial charge in [-0.15, -0.1) is 0 Å². The lowest BCUT2D eigenvalue weighted by Crippen LogP contribution is -2.45. The van der Waals surface area contributed by atoms with Crippen molar-refractivity contribution < 1.29 is 9.53 Å². The van der Waals surface area contributed by atoms with Gasteiger partial charge >= 0.3 is 6.03 Å². The van der Waals surface area contributed by atoms with E-state index in [4.69, 9.17) is 10.00 Å². The molecule has 1 aliphatic rings. The first-order valence-corrected chi connectivity index (χ1v) is 7.06. The number of ether oxygens (including phenoxy) is 1. The minimum atomic E-state index is -0.0524. The highest BCUT2D eigenvalue weighted by Gasteiger charge is 2.26. The van der Waals surface area contributed by atoms with Gasteiger partial charge in [0.25, 0.3) is 0 Å². The van der Waals surface area contributed by atoms with Crippen LogP contribution in [0.15, 0.2) is 0 Å². The van der Waals surface area contributed by atoms with E-state index < -0.39 is 0 Å². The Bertz CT molecular complexity index is 558. The number of amides is 2. The molecular formula is C14H21N5O2. The molecular weight excluding hydrogens is 270 g/mol. The number of aryl methyl sites for hydroxylation is 1. The molecule has 114 valence electrons. The van der Waals surface area contributed by atoms with Gasteiger partial charge in [-0.3, -0.25) is 4.68 Å². The summed E-state index contributed by atoms with van der Waals surface area (Å²) < 4.78 is 7.10. The molecule has 0 bridgehead atoms. The van der Waals surface area contributed by atoms with Crippen molar-refractivity contribution >= 4 is 6.03 Å². The fourth-order valence-electron chi connectivity index (χ4n) is 2.49. The van der Waals surface area contributed by atoms with Gasteiger partial charge in [-0.05, 0) is 13.8 Å². The molecule has 7 heteroatoms. The molecule has 1 aromatic rings. The predicted octanol–water partition coefficient (Wildman–Crippen LogP) is 0.936. The highest BCUT2D eigenvalue weighted by molar-refractivity contribution is 5.74. The van der Waals surface area contributed by atoms with Gasteiger partial charge in [0.15, 0.2) is 0 Å². The number of nitrogens with one attached hydrogen (secondary N) is 1. The van der Waals surface area contributed by atoms with Crippen LogP contribution in [0.4, 0.5) is 4.79 Å². The zero-order valence-electron chi connectivity index (χ0n) is 12.7. The van der Waals surface area contributed by atoms with Crippen molar-refractivity contribution in [2.24, 2.45) is 7.05 Å². The Morgan fingerprint density at radius 3 is 3.00 bits per heavy atom. The first kappa shape index (κ1) is 15.3. The second-order valence-electron chi connectivity index (χ2n) is 5.42. The first-order valence-electron chi connectivity index (χ1n) is 7.06. The summed E-state index contributed by atoms with van der Waals surface area (Å²) in [5, 5.41) is 15.9. The topological polar surface area (TPSA) is 83.2 Å². The number of carbonyl (C=O) groups excluding carboxylic acids is 1. The van der Waals surface area contributed by atoms with Gasteiger partial charge in [-0.25, -0.2) is 4.79 Å². The van der Waals surface area contributed by atoms with E-state index in [0.717, 1.165) is 23.4 Å². The number of rotatable bonds is 4. The maximum atomic E-state index is 12.1. The van der Waals surface area contributed by atoms with E-state index in [9.17, 15) is 4.79 Å².